The lowest BCUT2D eigenvalue weighted by molar-refractivity contribution is -0.121. The van der Waals surface area contributed by atoms with Crippen LogP contribution in [0.4, 0.5) is 4.39 Å². The average molecular weight is 250 g/mol. The fraction of sp³-hybridized carbons (Fsp3) is 0.500. The number of hydrogen-bond donors (Lipinski definition) is 2. The van der Waals surface area contributed by atoms with Gasteiger partial charge in [0.25, 0.3) is 0 Å². The lowest BCUT2D eigenvalue weighted by Crippen LogP contribution is -2.38. The maximum absolute atomic E-state index is 12.7. The van der Waals surface area contributed by atoms with E-state index in [1.165, 1.54) is 25.0 Å². The number of hydrogen-bond acceptors (Lipinski definition) is 2. The third kappa shape index (κ3) is 4.11. The molecule has 0 aliphatic carbocycles. The van der Waals surface area contributed by atoms with Crippen LogP contribution in [-0.2, 0) is 11.3 Å². The fourth-order valence-corrected chi connectivity index (χ4v) is 2.20. The summed E-state index contributed by atoms with van der Waals surface area (Å²) in [6.45, 7) is 1.47. The van der Waals surface area contributed by atoms with Gasteiger partial charge in [-0.2, -0.15) is 0 Å². The van der Waals surface area contributed by atoms with E-state index in [9.17, 15) is 9.18 Å². The Kier molecular flexibility index (Phi) is 4.70. The van der Waals surface area contributed by atoms with Crippen molar-refractivity contribution in [2.45, 2.75) is 38.3 Å². The highest BCUT2D eigenvalue weighted by Crippen LogP contribution is 2.10. The zero-order valence-electron chi connectivity index (χ0n) is 10.4. The quantitative estimate of drug-likeness (QED) is 0.858. The summed E-state index contributed by atoms with van der Waals surface area (Å²) in [4.78, 5) is 11.7. The highest BCUT2D eigenvalue weighted by molar-refractivity contribution is 5.76. The van der Waals surface area contributed by atoms with E-state index in [0.29, 0.717) is 19.0 Å². The first-order valence-corrected chi connectivity index (χ1v) is 6.48. The minimum atomic E-state index is -0.253. The Morgan fingerprint density at radius 1 is 1.33 bits per heavy atom. The Hall–Kier alpha value is -1.42. The molecule has 1 unspecified atom stereocenters. The number of rotatable bonds is 4. The van der Waals surface area contributed by atoms with Crippen molar-refractivity contribution in [3.63, 3.8) is 0 Å². The normalized spacial score (nSPS) is 19.5. The number of carbonyl (C=O) groups is 1. The summed E-state index contributed by atoms with van der Waals surface area (Å²) in [5.74, 6) is -0.199. The molecule has 18 heavy (non-hydrogen) atoms. The summed E-state index contributed by atoms with van der Waals surface area (Å²) >= 11 is 0. The predicted molar refractivity (Wildman–Crippen MR) is 68.5 cm³/mol. The Labute approximate surface area is 107 Å². The molecule has 4 heteroatoms. The zero-order valence-corrected chi connectivity index (χ0v) is 10.4. The molecule has 1 atom stereocenters. The van der Waals surface area contributed by atoms with Gasteiger partial charge in [0.15, 0.2) is 0 Å². The van der Waals surface area contributed by atoms with Crippen LogP contribution in [0, 0.1) is 5.82 Å². The second-order valence-electron chi connectivity index (χ2n) is 4.75. The summed E-state index contributed by atoms with van der Waals surface area (Å²) in [7, 11) is 0. The highest BCUT2D eigenvalue weighted by atomic mass is 19.1. The minimum Gasteiger partial charge on any atom is -0.352 e. The summed E-state index contributed by atoms with van der Waals surface area (Å²) < 4.78 is 12.7. The molecule has 1 aliphatic rings. The van der Waals surface area contributed by atoms with Gasteiger partial charge in [-0.1, -0.05) is 18.6 Å². The molecule has 1 aromatic carbocycles. The molecule has 2 N–H and O–H groups in total. The van der Waals surface area contributed by atoms with Gasteiger partial charge in [0.05, 0.1) is 0 Å². The topological polar surface area (TPSA) is 41.1 Å². The van der Waals surface area contributed by atoms with Crippen LogP contribution in [0.25, 0.3) is 0 Å². The molecule has 0 aromatic heterocycles. The van der Waals surface area contributed by atoms with Crippen LogP contribution in [0.15, 0.2) is 24.3 Å². The van der Waals surface area contributed by atoms with Crippen LogP contribution >= 0.6 is 0 Å². The van der Waals surface area contributed by atoms with Gasteiger partial charge >= 0.3 is 0 Å². The van der Waals surface area contributed by atoms with E-state index in [-0.39, 0.29) is 11.7 Å². The van der Waals surface area contributed by atoms with E-state index in [2.05, 4.69) is 10.6 Å². The average Bonchev–Trinajstić information content (AvgIpc) is 2.39. The molecular formula is C14H19FN2O. The number of amides is 1. The molecular weight excluding hydrogens is 231 g/mol. The van der Waals surface area contributed by atoms with Crippen molar-refractivity contribution >= 4 is 5.91 Å². The van der Waals surface area contributed by atoms with Crippen molar-refractivity contribution in [2.75, 3.05) is 6.54 Å². The molecule has 1 heterocycles. The molecule has 0 bridgehead atoms. The lowest BCUT2D eigenvalue weighted by atomic mass is 10.0. The smallest absolute Gasteiger partial charge is 0.221 e. The van der Waals surface area contributed by atoms with Crippen molar-refractivity contribution < 1.29 is 9.18 Å². The molecule has 2 rings (SSSR count). The molecule has 1 aliphatic heterocycles. The number of carbonyl (C=O) groups excluding carboxylic acids is 1. The minimum absolute atomic E-state index is 0.0544. The standard InChI is InChI=1S/C14H19FN2O/c15-12-6-4-11(5-7-12)10-17-14(18)9-13-3-1-2-8-16-13/h4-7,13,16H,1-3,8-10H2,(H,17,18). The van der Waals surface area contributed by atoms with Crippen LogP contribution in [0.2, 0.25) is 0 Å². The van der Waals surface area contributed by atoms with Gasteiger partial charge in [0.1, 0.15) is 5.82 Å². The zero-order chi connectivity index (χ0) is 12.8. The molecule has 1 aromatic rings. The Bertz CT molecular complexity index is 385. The second kappa shape index (κ2) is 6.50. The first-order chi connectivity index (χ1) is 8.74. The molecule has 1 saturated heterocycles. The predicted octanol–water partition coefficient (Wildman–Crippen LogP) is 1.97. The van der Waals surface area contributed by atoms with Gasteiger partial charge in [0, 0.05) is 19.0 Å². The first-order valence-electron chi connectivity index (χ1n) is 6.48. The monoisotopic (exact) mass is 250 g/mol. The number of benzene rings is 1. The molecule has 0 spiro atoms. The third-order valence-corrected chi connectivity index (χ3v) is 3.25. The van der Waals surface area contributed by atoms with Gasteiger partial charge < -0.3 is 10.6 Å². The largest absolute Gasteiger partial charge is 0.352 e. The molecule has 0 saturated carbocycles. The second-order valence-corrected chi connectivity index (χ2v) is 4.75. The van der Waals surface area contributed by atoms with Gasteiger partial charge in [-0.25, -0.2) is 4.39 Å². The van der Waals surface area contributed by atoms with Crippen molar-refractivity contribution in [2.24, 2.45) is 0 Å². The van der Waals surface area contributed by atoms with Crippen LogP contribution in [-0.4, -0.2) is 18.5 Å². The van der Waals surface area contributed by atoms with Gasteiger partial charge in [-0.3, -0.25) is 4.79 Å². The van der Waals surface area contributed by atoms with Crippen LogP contribution in [0.3, 0.4) is 0 Å². The van der Waals surface area contributed by atoms with Gasteiger partial charge in [-0.05, 0) is 37.1 Å². The van der Waals surface area contributed by atoms with Gasteiger partial charge in [0.2, 0.25) is 5.91 Å². The number of halogens is 1. The summed E-state index contributed by atoms with van der Waals surface area (Å²) in [6, 6.07) is 6.50. The Morgan fingerprint density at radius 3 is 2.78 bits per heavy atom. The Balaban J connectivity index is 1.72. The van der Waals surface area contributed by atoms with E-state index in [0.717, 1.165) is 18.5 Å². The van der Waals surface area contributed by atoms with Crippen molar-refractivity contribution in [3.8, 4) is 0 Å². The first kappa shape index (κ1) is 13.0. The number of nitrogens with one attached hydrogen (secondary N) is 2. The van der Waals surface area contributed by atoms with E-state index in [4.69, 9.17) is 0 Å². The Morgan fingerprint density at radius 2 is 2.11 bits per heavy atom. The summed E-state index contributed by atoms with van der Waals surface area (Å²) in [5, 5.41) is 6.21. The molecule has 0 radical (unpaired) electrons. The molecule has 3 nitrogen and oxygen atoms in total. The third-order valence-electron chi connectivity index (χ3n) is 3.25. The lowest BCUT2D eigenvalue weighted by Gasteiger charge is -2.22. The molecule has 98 valence electrons. The van der Waals surface area contributed by atoms with E-state index in [1.807, 2.05) is 0 Å². The van der Waals surface area contributed by atoms with Crippen molar-refractivity contribution in [1.82, 2.24) is 10.6 Å². The van der Waals surface area contributed by atoms with E-state index >= 15 is 0 Å². The van der Waals surface area contributed by atoms with Crippen LogP contribution in [0.1, 0.15) is 31.2 Å². The fourth-order valence-electron chi connectivity index (χ4n) is 2.20. The molecule has 1 fully saturated rings. The SMILES string of the molecule is O=C(CC1CCCCN1)NCc1ccc(F)cc1. The van der Waals surface area contributed by atoms with Crippen LogP contribution < -0.4 is 10.6 Å². The van der Waals surface area contributed by atoms with E-state index in [1.54, 1.807) is 12.1 Å². The summed E-state index contributed by atoms with van der Waals surface area (Å²) in [5.41, 5.74) is 0.918. The van der Waals surface area contributed by atoms with Gasteiger partial charge in [-0.15, -0.1) is 0 Å². The van der Waals surface area contributed by atoms with Crippen molar-refractivity contribution in [1.29, 1.82) is 0 Å². The number of piperidine rings is 1. The highest BCUT2D eigenvalue weighted by Gasteiger charge is 2.15. The summed E-state index contributed by atoms with van der Waals surface area (Å²) in [6.07, 6.45) is 4.00. The van der Waals surface area contributed by atoms with E-state index < -0.39 is 0 Å². The maximum Gasteiger partial charge on any atom is 0.221 e. The molecule has 1 amide bonds. The van der Waals surface area contributed by atoms with Crippen LogP contribution in [0.5, 0.6) is 0 Å². The van der Waals surface area contributed by atoms with Crippen molar-refractivity contribution in [3.05, 3.63) is 35.6 Å². The maximum atomic E-state index is 12.7.